The Morgan fingerprint density at radius 1 is 1.47 bits per heavy atom. The van der Waals surface area contributed by atoms with Gasteiger partial charge < -0.3 is 10.5 Å². The first kappa shape index (κ1) is 12.0. The van der Waals surface area contributed by atoms with Gasteiger partial charge in [0.25, 0.3) is 0 Å². The lowest BCUT2D eigenvalue weighted by atomic mass is 9.91. The van der Waals surface area contributed by atoms with Crippen LogP contribution in [0.4, 0.5) is 4.39 Å². The molecule has 2 nitrogen and oxygen atoms in total. The van der Waals surface area contributed by atoms with Crippen LogP contribution < -0.4 is 10.5 Å². The zero-order chi connectivity index (χ0) is 11.5. The van der Waals surface area contributed by atoms with Gasteiger partial charge in [-0.2, -0.15) is 0 Å². The van der Waals surface area contributed by atoms with Gasteiger partial charge >= 0.3 is 0 Å². The minimum absolute atomic E-state index is 0.0245. The fourth-order valence-corrected chi connectivity index (χ4v) is 1.62. The molecule has 0 saturated heterocycles. The van der Waals surface area contributed by atoms with Crippen LogP contribution in [0.15, 0.2) is 18.2 Å². The van der Waals surface area contributed by atoms with E-state index in [2.05, 4.69) is 0 Å². The number of ether oxygens (including phenoxy) is 1. The van der Waals surface area contributed by atoms with Gasteiger partial charge in [-0.15, -0.1) is 0 Å². The Morgan fingerprint density at radius 2 is 2.13 bits per heavy atom. The van der Waals surface area contributed by atoms with Gasteiger partial charge in [0.15, 0.2) is 5.67 Å². The molecule has 0 spiro atoms. The maximum Gasteiger partial charge on any atom is 0.151 e. The third-order valence-electron chi connectivity index (χ3n) is 2.72. The van der Waals surface area contributed by atoms with Crippen LogP contribution in [0.3, 0.4) is 0 Å². The van der Waals surface area contributed by atoms with E-state index in [4.69, 9.17) is 10.5 Å². The van der Waals surface area contributed by atoms with Gasteiger partial charge in [0.05, 0.1) is 7.11 Å². The molecule has 15 heavy (non-hydrogen) atoms. The van der Waals surface area contributed by atoms with Gasteiger partial charge in [-0.25, -0.2) is 4.39 Å². The zero-order valence-electron chi connectivity index (χ0n) is 9.51. The Kier molecular flexibility index (Phi) is 3.69. The van der Waals surface area contributed by atoms with Crippen molar-refractivity contribution in [1.29, 1.82) is 0 Å². The average molecular weight is 211 g/mol. The van der Waals surface area contributed by atoms with Crippen molar-refractivity contribution in [3.8, 4) is 5.75 Å². The highest BCUT2D eigenvalue weighted by molar-refractivity contribution is 5.41. The van der Waals surface area contributed by atoms with Crippen LogP contribution in [0.1, 0.15) is 24.5 Å². The molecule has 1 aromatic carbocycles. The monoisotopic (exact) mass is 211 g/mol. The van der Waals surface area contributed by atoms with E-state index < -0.39 is 5.67 Å². The molecule has 0 radical (unpaired) electrons. The summed E-state index contributed by atoms with van der Waals surface area (Å²) >= 11 is 0. The van der Waals surface area contributed by atoms with Crippen molar-refractivity contribution < 1.29 is 9.13 Å². The summed E-state index contributed by atoms with van der Waals surface area (Å²) in [6.45, 7) is 3.69. The first-order chi connectivity index (χ1) is 7.07. The highest BCUT2D eigenvalue weighted by atomic mass is 19.1. The average Bonchev–Trinajstić information content (AvgIpc) is 2.28. The van der Waals surface area contributed by atoms with Crippen LogP contribution in [-0.2, 0) is 5.67 Å². The number of nitrogens with two attached hydrogens (primary N) is 1. The van der Waals surface area contributed by atoms with Gasteiger partial charge in [0, 0.05) is 12.1 Å². The number of aryl methyl sites for hydroxylation is 1. The summed E-state index contributed by atoms with van der Waals surface area (Å²) in [5, 5.41) is 0. The number of benzene rings is 1. The summed E-state index contributed by atoms with van der Waals surface area (Å²) in [7, 11) is 1.54. The van der Waals surface area contributed by atoms with E-state index in [0.29, 0.717) is 17.7 Å². The van der Waals surface area contributed by atoms with Gasteiger partial charge in [-0.1, -0.05) is 18.6 Å². The molecule has 1 aromatic rings. The fraction of sp³-hybridized carbons (Fsp3) is 0.500. The van der Waals surface area contributed by atoms with E-state index in [-0.39, 0.29) is 6.54 Å². The summed E-state index contributed by atoms with van der Waals surface area (Å²) in [6.07, 6.45) is 0.351. The molecule has 0 fully saturated rings. The maximum absolute atomic E-state index is 14.4. The Labute approximate surface area is 90.2 Å². The molecule has 1 rings (SSSR count). The fourth-order valence-electron chi connectivity index (χ4n) is 1.62. The highest BCUT2D eigenvalue weighted by Gasteiger charge is 2.31. The number of halogens is 1. The van der Waals surface area contributed by atoms with Crippen LogP contribution >= 0.6 is 0 Å². The van der Waals surface area contributed by atoms with Crippen LogP contribution in [0.25, 0.3) is 0 Å². The van der Waals surface area contributed by atoms with E-state index >= 15 is 0 Å². The quantitative estimate of drug-likeness (QED) is 0.830. The smallest absolute Gasteiger partial charge is 0.151 e. The number of alkyl halides is 1. The second-order valence-corrected chi connectivity index (χ2v) is 3.73. The van der Waals surface area contributed by atoms with Gasteiger partial charge in [-0.3, -0.25) is 0 Å². The topological polar surface area (TPSA) is 35.2 Å². The molecule has 0 aliphatic carbocycles. The van der Waals surface area contributed by atoms with Crippen molar-refractivity contribution >= 4 is 0 Å². The van der Waals surface area contributed by atoms with Gasteiger partial charge in [0.1, 0.15) is 5.75 Å². The molecular weight excluding hydrogens is 193 g/mol. The predicted molar refractivity (Wildman–Crippen MR) is 59.9 cm³/mol. The van der Waals surface area contributed by atoms with E-state index in [9.17, 15) is 4.39 Å². The molecule has 84 valence electrons. The van der Waals surface area contributed by atoms with Gasteiger partial charge in [-0.05, 0) is 25.5 Å². The summed E-state index contributed by atoms with van der Waals surface area (Å²) in [5.41, 5.74) is 5.56. The Hall–Kier alpha value is -1.09. The molecule has 0 saturated carbocycles. The standard InChI is InChI=1S/C12H18FNO/c1-4-12(13,8-14)10-7-9(2)5-6-11(10)15-3/h5-7H,4,8,14H2,1-3H3. The minimum atomic E-state index is -1.49. The Balaban J connectivity index is 3.26. The lowest BCUT2D eigenvalue weighted by Gasteiger charge is -2.24. The molecule has 0 aliphatic rings. The molecule has 3 heteroatoms. The SMILES string of the molecule is CCC(F)(CN)c1cc(C)ccc1OC. The van der Waals surface area contributed by atoms with E-state index in [1.54, 1.807) is 26.2 Å². The number of rotatable bonds is 4. The molecule has 2 N–H and O–H groups in total. The lowest BCUT2D eigenvalue weighted by Crippen LogP contribution is -2.30. The summed E-state index contributed by atoms with van der Waals surface area (Å²) in [5.74, 6) is 0.565. The zero-order valence-corrected chi connectivity index (χ0v) is 9.51. The second-order valence-electron chi connectivity index (χ2n) is 3.73. The first-order valence-corrected chi connectivity index (χ1v) is 5.11. The summed E-state index contributed by atoms with van der Waals surface area (Å²) in [4.78, 5) is 0. The maximum atomic E-state index is 14.4. The van der Waals surface area contributed by atoms with E-state index in [1.165, 1.54) is 0 Å². The number of methoxy groups -OCH3 is 1. The molecule has 0 aliphatic heterocycles. The van der Waals surface area contributed by atoms with E-state index in [0.717, 1.165) is 5.56 Å². The molecule has 0 amide bonds. The third kappa shape index (κ3) is 2.29. The molecule has 1 atom stereocenters. The first-order valence-electron chi connectivity index (χ1n) is 5.11. The van der Waals surface area contributed by atoms with Crippen LogP contribution in [0, 0.1) is 6.92 Å². The van der Waals surface area contributed by atoms with Crippen molar-refractivity contribution in [2.45, 2.75) is 25.9 Å². The van der Waals surface area contributed by atoms with Crippen LogP contribution in [0.2, 0.25) is 0 Å². The second kappa shape index (κ2) is 4.62. The molecule has 0 bridgehead atoms. The molecular formula is C12H18FNO. The van der Waals surface area contributed by atoms with Crippen molar-refractivity contribution in [2.75, 3.05) is 13.7 Å². The Bertz CT molecular complexity index is 334. The molecule has 0 heterocycles. The van der Waals surface area contributed by atoms with Crippen molar-refractivity contribution in [3.63, 3.8) is 0 Å². The minimum Gasteiger partial charge on any atom is -0.496 e. The largest absolute Gasteiger partial charge is 0.496 e. The normalized spacial score (nSPS) is 14.7. The van der Waals surface area contributed by atoms with Crippen molar-refractivity contribution in [3.05, 3.63) is 29.3 Å². The number of hydrogen-bond acceptors (Lipinski definition) is 2. The predicted octanol–water partition coefficient (Wildman–Crippen LogP) is 2.54. The number of hydrogen-bond donors (Lipinski definition) is 1. The van der Waals surface area contributed by atoms with E-state index in [1.807, 2.05) is 13.0 Å². The third-order valence-corrected chi connectivity index (χ3v) is 2.72. The van der Waals surface area contributed by atoms with Gasteiger partial charge in [0.2, 0.25) is 0 Å². The van der Waals surface area contributed by atoms with Crippen LogP contribution in [-0.4, -0.2) is 13.7 Å². The lowest BCUT2D eigenvalue weighted by molar-refractivity contribution is 0.163. The van der Waals surface area contributed by atoms with Crippen molar-refractivity contribution in [2.24, 2.45) is 5.73 Å². The van der Waals surface area contributed by atoms with Crippen LogP contribution in [0.5, 0.6) is 5.75 Å². The summed E-state index contributed by atoms with van der Waals surface area (Å²) in [6, 6.07) is 5.48. The summed E-state index contributed by atoms with van der Waals surface area (Å²) < 4.78 is 19.6. The molecule has 1 unspecified atom stereocenters. The molecule has 0 aromatic heterocycles. The highest BCUT2D eigenvalue weighted by Crippen LogP contribution is 2.35. The van der Waals surface area contributed by atoms with Crippen molar-refractivity contribution in [1.82, 2.24) is 0 Å². The Morgan fingerprint density at radius 3 is 2.60 bits per heavy atom.